The molecule has 0 spiro atoms. The van der Waals surface area contributed by atoms with Gasteiger partial charge in [0.25, 0.3) is 0 Å². The average Bonchev–Trinajstić information content (AvgIpc) is 3.02. The minimum absolute atomic E-state index is 0.0131. The smallest absolute Gasteiger partial charge is 0.174 e. The third kappa shape index (κ3) is 1.78. The van der Waals surface area contributed by atoms with Gasteiger partial charge in [0.05, 0.1) is 10.6 Å². The van der Waals surface area contributed by atoms with Gasteiger partial charge in [0.15, 0.2) is 11.9 Å². The van der Waals surface area contributed by atoms with Crippen molar-refractivity contribution in [2.24, 2.45) is 0 Å². The number of aryl methyl sites for hydroxylation is 1. The number of fused-ring (bicyclic) bond motifs is 2. The lowest BCUT2D eigenvalue weighted by Crippen LogP contribution is -2.08. The minimum Gasteiger partial charge on any atom is -0.483 e. The van der Waals surface area contributed by atoms with Crippen LogP contribution in [0.15, 0.2) is 24.3 Å². The quantitative estimate of drug-likeness (QED) is 0.798. The highest BCUT2D eigenvalue weighted by Gasteiger charge is 2.30. The molecule has 1 unspecified atom stereocenters. The van der Waals surface area contributed by atoms with Crippen molar-refractivity contribution in [3.05, 3.63) is 45.4 Å². The molecule has 0 fully saturated rings. The SMILES string of the molecule is O=C1CCCc2nc(C3Cc4ccccc4O3)sc21. The fraction of sp³-hybridized carbons (Fsp3) is 0.333. The van der Waals surface area contributed by atoms with Gasteiger partial charge in [0.1, 0.15) is 10.8 Å². The largest absolute Gasteiger partial charge is 0.483 e. The van der Waals surface area contributed by atoms with Crippen LogP contribution in [0, 0.1) is 0 Å². The molecular formula is C15H13NO2S. The summed E-state index contributed by atoms with van der Waals surface area (Å²) >= 11 is 1.53. The van der Waals surface area contributed by atoms with Crippen LogP contribution in [0.5, 0.6) is 5.75 Å². The Hall–Kier alpha value is -1.68. The third-order valence-electron chi connectivity index (χ3n) is 3.71. The molecule has 1 aromatic carbocycles. The highest BCUT2D eigenvalue weighted by Crippen LogP contribution is 2.39. The molecule has 1 aliphatic carbocycles. The zero-order chi connectivity index (χ0) is 12.8. The van der Waals surface area contributed by atoms with Crippen molar-refractivity contribution in [2.75, 3.05) is 0 Å². The molecule has 96 valence electrons. The van der Waals surface area contributed by atoms with E-state index in [1.807, 2.05) is 18.2 Å². The van der Waals surface area contributed by atoms with E-state index in [0.717, 1.165) is 40.6 Å². The van der Waals surface area contributed by atoms with E-state index in [-0.39, 0.29) is 11.9 Å². The molecule has 0 saturated heterocycles. The number of rotatable bonds is 1. The molecule has 0 saturated carbocycles. The van der Waals surface area contributed by atoms with Crippen molar-refractivity contribution in [3.8, 4) is 5.75 Å². The Morgan fingerprint density at radius 3 is 3.00 bits per heavy atom. The molecule has 0 N–H and O–H groups in total. The predicted molar refractivity (Wildman–Crippen MR) is 72.9 cm³/mol. The summed E-state index contributed by atoms with van der Waals surface area (Å²) in [4.78, 5) is 17.4. The number of carbonyl (C=O) groups excluding carboxylic acids is 1. The zero-order valence-electron chi connectivity index (χ0n) is 10.4. The van der Waals surface area contributed by atoms with E-state index < -0.39 is 0 Å². The molecule has 2 aromatic rings. The maximum atomic E-state index is 11.9. The maximum absolute atomic E-state index is 11.9. The van der Waals surface area contributed by atoms with Gasteiger partial charge in [-0.2, -0.15) is 0 Å². The number of ether oxygens (including phenoxy) is 1. The van der Waals surface area contributed by atoms with Gasteiger partial charge in [-0.3, -0.25) is 4.79 Å². The predicted octanol–water partition coefficient (Wildman–Crippen LogP) is 3.34. The second kappa shape index (κ2) is 4.17. The van der Waals surface area contributed by atoms with Gasteiger partial charge in [-0.15, -0.1) is 11.3 Å². The number of ketones is 1. The number of thiazole rings is 1. The summed E-state index contributed by atoms with van der Waals surface area (Å²) in [5.41, 5.74) is 2.21. The van der Waals surface area contributed by atoms with E-state index >= 15 is 0 Å². The fourth-order valence-electron chi connectivity index (χ4n) is 2.74. The van der Waals surface area contributed by atoms with Crippen molar-refractivity contribution >= 4 is 17.1 Å². The Labute approximate surface area is 115 Å². The van der Waals surface area contributed by atoms with Crippen LogP contribution >= 0.6 is 11.3 Å². The lowest BCUT2D eigenvalue weighted by atomic mass is 10.0. The standard InChI is InChI=1S/C15H13NO2S/c17-11-6-3-5-10-14(11)19-15(16-10)13-8-9-4-1-2-7-12(9)18-13/h1-2,4,7,13H,3,5-6,8H2. The Morgan fingerprint density at radius 2 is 2.16 bits per heavy atom. The van der Waals surface area contributed by atoms with Crippen LogP contribution < -0.4 is 4.74 Å². The third-order valence-corrected chi connectivity index (χ3v) is 4.94. The summed E-state index contributed by atoms with van der Waals surface area (Å²) in [5, 5.41) is 0.955. The van der Waals surface area contributed by atoms with Gasteiger partial charge >= 0.3 is 0 Å². The van der Waals surface area contributed by atoms with Crippen molar-refractivity contribution in [1.29, 1.82) is 0 Å². The molecule has 3 nitrogen and oxygen atoms in total. The van der Waals surface area contributed by atoms with Crippen LogP contribution in [0.25, 0.3) is 0 Å². The Bertz CT molecular complexity index is 637. The van der Waals surface area contributed by atoms with Gasteiger partial charge in [0, 0.05) is 12.8 Å². The topological polar surface area (TPSA) is 39.2 Å². The van der Waals surface area contributed by atoms with Crippen molar-refractivity contribution in [3.63, 3.8) is 0 Å². The summed E-state index contributed by atoms with van der Waals surface area (Å²) in [7, 11) is 0. The molecule has 4 rings (SSSR count). The van der Waals surface area contributed by atoms with E-state index in [1.54, 1.807) is 0 Å². The first kappa shape index (κ1) is 11.2. The number of aromatic nitrogens is 1. The van der Waals surface area contributed by atoms with Crippen molar-refractivity contribution < 1.29 is 9.53 Å². The number of hydrogen-bond acceptors (Lipinski definition) is 4. The molecule has 2 aliphatic rings. The molecule has 4 heteroatoms. The molecule has 19 heavy (non-hydrogen) atoms. The fourth-order valence-corrected chi connectivity index (χ4v) is 3.85. The molecule has 1 aromatic heterocycles. The van der Waals surface area contributed by atoms with Gasteiger partial charge < -0.3 is 4.74 Å². The van der Waals surface area contributed by atoms with Crippen molar-refractivity contribution in [2.45, 2.75) is 31.8 Å². The van der Waals surface area contributed by atoms with E-state index in [2.05, 4.69) is 11.1 Å². The van der Waals surface area contributed by atoms with Gasteiger partial charge in [-0.1, -0.05) is 18.2 Å². The van der Waals surface area contributed by atoms with Crippen molar-refractivity contribution in [1.82, 2.24) is 4.98 Å². The molecule has 0 radical (unpaired) electrons. The minimum atomic E-state index is -0.0131. The van der Waals surface area contributed by atoms with Crippen LogP contribution in [0.2, 0.25) is 0 Å². The lowest BCUT2D eigenvalue weighted by molar-refractivity contribution is 0.0976. The molecule has 0 bridgehead atoms. The van der Waals surface area contributed by atoms with E-state index in [9.17, 15) is 4.79 Å². The molecule has 0 amide bonds. The zero-order valence-corrected chi connectivity index (χ0v) is 11.2. The van der Waals surface area contributed by atoms with Gasteiger partial charge in [0.2, 0.25) is 0 Å². The first-order chi connectivity index (χ1) is 9.31. The number of benzene rings is 1. The van der Waals surface area contributed by atoms with Gasteiger partial charge in [-0.25, -0.2) is 4.98 Å². The molecule has 2 heterocycles. The average molecular weight is 271 g/mol. The van der Waals surface area contributed by atoms with Crippen LogP contribution in [-0.2, 0) is 12.8 Å². The second-order valence-corrected chi connectivity index (χ2v) is 6.05. The normalized spacial score (nSPS) is 20.8. The van der Waals surface area contributed by atoms with Crippen LogP contribution in [0.3, 0.4) is 0 Å². The number of nitrogens with zero attached hydrogens (tertiary/aromatic N) is 1. The molecule has 1 atom stereocenters. The summed E-state index contributed by atoms with van der Waals surface area (Å²) in [5.74, 6) is 1.20. The Morgan fingerprint density at radius 1 is 1.26 bits per heavy atom. The lowest BCUT2D eigenvalue weighted by Gasteiger charge is -2.06. The number of carbonyl (C=O) groups is 1. The van der Waals surface area contributed by atoms with Crippen LogP contribution in [-0.4, -0.2) is 10.8 Å². The number of hydrogen-bond donors (Lipinski definition) is 0. The van der Waals surface area contributed by atoms with E-state index in [0.29, 0.717) is 6.42 Å². The number of para-hydroxylation sites is 1. The first-order valence-corrected chi connectivity index (χ1v) is 7.40. The van der Waals surface area contributed by atoms with Crippen LogP contribution in [0.1, 0.15) is 44.9 Å². The Balaban J connectivity index is 1.67. The maximum Gasteiger partial charge on any atom is 0.174 e. The monoisotopic (exact) mass is 271 g/mol. The summed E-state index contributed by atoms with van der Waals surface area (Å²) < 4.78 is 5.94. The molecular weight excluding hydrogens is 258 g/mol. The summed E-state index contributed by atoms with van der Waals surface area (Å²) in [6, 6.07) is 8.10. The van der Waals surface area contributed by atoms with Gasteiger partial charge in [-0.05, 0) is 24.5 Å². The highest BCUT2D eigenvalue weighted by molar-refractivity contribution is 7.14. The first-order valence-electron chi connectivity index (χ1n) is 6.58. The second-order valence-electron chi connectivity index (χ2n) is 5.02. The molecule has 1 aliphatic heterocycles. The van der Waals surface area contributed by atoms with E-state index in [1.165, 1.54) is 16.9 Å². The number of Topliss-reactive ketones (excluding diaryl/α,β-unsaturated/α-hetero) is 1. The highest BCUT2D eigenvalue weighted by atomic mass is 32.1. The summed E-state index contributed by atoms with van der Waals surface area (Å²) in [6.45, 7) is 0. The Kier molecular flexibility index (Phi) is 2.45. The van der Waals surface area contributed by atoms with E-state index in [4.69, 9.17) is 4.74 Å². The van der Waals surface area contributed by atoms with Crippen LogP contribution in [0.4, 0.5) is 0 Å². The summed E-state index contributed by atoms with van der Waals surface area (Å²) in [6.07, 6.45) is 3.37.